The van der Waals surface area contributed by atoms with Crippen molar-refractivity contribution in [3.05, 3.63) is 57.2 Å². The Labute approximate surface area is 161 Å². The molecule has 3 aromatic rings. The largest absolute Gasteiger partial charge is 0.494 e. The second-order valence-corrected chi connectivity index (χ2v) is 7.90. The third kappa shape index (κ3) is 3.66. The highest BCUT2D eigenvalue weighted by Crippen LogP contribution is 2.27. The van der Waals surface area contributed by atoms with Gasteiger partial charge in [0.2, 0.25) is 5.91 Å². The Morgan fingerprint density at radius 1 is 1.27 bits per heavy atom. The summed E-state index contributed by atoms with van der Waals surface area (Å²) in [5.41, 5.74) is 4.49. The quantitative estimate of drug-likeness (QED) is 0.655. The average molecular weight is 385 g/mol. The smallest absolute Gasteiger partial charge is 0.228 e. The number of thiophene rings is 1. The van der Waals surface area contributed by atoms with E-state index in [1.54, 1.807) is 22.7 Å². The van der Waals surface area contributed by atoms with E-state index in [1.165, 1.54) is 11.1 Å². The maximum Gasteiger partial charge on any atom is 0.228 e. The third-order valence-corrected chi connectivity index (χ3v) is 6.13. The van der Waals surface area contributed by atoms with Crippen LogP contribution in [-0.4, -0.2) is 28.9 Å². The zero-order chi connectivity index (χ0) is 17.9. The van der Waals surface area contributed by atoms with Crippen LogP contribution in [0.3, 0.4) is 0 Å². The second-order valence-electron chi connectivity index (χ2n) is 6.26. The van der Waals surface area contributed by atoms with E-state index in [0.29, 0.717) is 19.6 Å². The first-order valence-electron chi connectivity index (χ1n) is 8.72. The van der Waals surface area contributed by atoms with Gasteiger partial charge in [-0.3, -0.25) is 4.79 Å². The minimum absolute atomic E-state index is 0.139. The zero-order valence-corrected chi connectivity index (χ0v) is 16.2. The lowest BCUT2D eigenvalue weighted by atomic mass is 9.99. The molecule has 4 nitrogen and oxygen atoms in total. The standard InChI is InChI=1S/C20H20N2O2S2/c1-2-24-18-4-3-14-5-7-22(11-16(14)9-18)19(23)10-17-13-26-20(21-17)15-6-8-25-12-15/h3-4,6,8-9,12-13H,2,5,7,10-11H2,1H3. The highest BCUT2D eigenvalue weighted by molar-refractivity contribution is 7.14. The van der Waals surface area contributed by atoms with Crippen LogP contribution >= 0.6 is 22.7 Å². The molecule has 3 heterocycles. The first kappa shape index (κ1) is 17.2. The van der Waals surface area contributed by atoms with E-state index >= 15 is 0 Å². The molecule has 0 saturated heterocycles. The molecule has 0 spiro atoms. The van der Waals surface area contributed by atoms with Crippen molar-refractivity contribution in [2.75, 3.05) is 13.2 Å². The van der Waals surface area contributed by atoms with E-state index < -0.39 is 0 Å². The van der Waals surface area contributed by atoms with E-state index in [9.17, 15) is 4.79 Å². The molecule has 1 aromatic carbocycles. The number of fused-ring (bicyclic) bond motifs is 1. The van der Waals surface area contributed by atoms with E-state index in [2.05, 4.69) is 28.6 Å². The average Bonchev–Trinajstić information content (AvgIpc) is 3.33. The maximum absolute atomic E-state index is 12.7. The van der Waals surface area contributed by atoms with Gasteiger partial charge in [-0.1, -0.05) is 6.07 Å². The van der Waals surface area contributed by atoms with Crippen molar-refractivity contribution in [1.29, 1.82) is 0 Å². The summed E-state index contributed by atoms with van der Waals surface area (Å²) in [6.45, 7) is 4.04. The topological polar surface area (TPSA) is 42.4 Å². The molecule has 0 saturated carbocycles. The Morgan fingerprint density at radius 3 is 3.00 bits per heavy atom. The fourth-order valence-electron chi connectivity index (χ4n) is 3.18. The van der Waals surface area contributed by atoms with Gasteiger partial charge in [-0.2, -0.15) is 11.3 Å². The molecule has 2 aromatic heterocycles. The molecule has 134 valence electrons. The van der Waals surface area contributed by atoms with Gasteiger partial charge in [0, 0.05) is 29.4 Å². The zero-order valence-electron chi connectivity index (χ0n) is 14.6. The number of carbonyl (C=O) groups excluding carboxylic acids is 1. The number of hydrogen-bond acceptors (Lipinski definition) is 5. The predicted molar refractivity (Wildman–Crippen MR) is 106 cm³/mol. The molecule has 1 amide bonds. The van der Waals surface area contributed by atoms with Crippen LogP contribution in [-0.2, 0) is 24.2 Å². The molecule has 0 bridgehead atoms. The Kier molecular flexibility index (Phi) is 5.04. The summed E-state index contributed by atoms with van der Waals surface area (Å²) >= 11 is 3.26. The van der Waals surface area contributed by atoms with Crippen molar-refractivity contribution in [1.82, 2.24) is 9.88 Å². The Balaban J connectivity index is 1.43. The van der Waals surface area contributed by atoms with E-state index in [-0.39, 0.29) is 5.91 Å². The van der Waals surface area contributed by atoms with Crippen LogP contribution in [0.4, 0.5) is 0 Å². The van der Waals surface area contributed by atoms with Gasteiger partial charge in [-0.25, -0.2) is 4.98 Å². The van der Waals surface area contributed by atoms with Gasteiger partial charge >= 0.3 is 0 Å². The van der Waals surface area contributed by atoms with Gasteiger partial charge in [0.05, 0.1) is 18.7 Å². The fraction of sp³-hybridized carbons (Fsp3) is 0.300. The van der Waals surface area contributed by atoms with Gasteiger partial charge in [0.1, 0.15) is 10.8 Å². The van der Waals surface area contributed by atoms with E-state index in [0.717, 1.165) is 35.0 Å². The van der Waals surface area contributed by atoms with Crippen LogP contribution in [0.25, 0.3) is 10.6 Å². The number of hydrogen-bond donors (Lipinski definition) is 0. The number of benzene rings is 1. The fourth-order valence-corrected chi connectivity index (χ4v) is 4.71. The molecule has 0 N–H and O–H groups in total. The lowest BCUT2D eigenvalue weighted by Crippen LogP contribution is -2.37. The predicted octanol–water partition coefficient (Wildman–Crippen LogP) is 4.40. The number of amides is 1. The van der Waals surface area contributed by atoms with Gasteiger partial charge in [-0.05, 0) is 48.1 Å². The van der Waals surface area contributed by atoms with Gasteiger partial charge in [0.15, 0.2) is 0 Å². The molecule has 0 aliphatic carbocycles. The summed E-state index contributed by atoms with van der Waals surface area (Å²) in [5.74, 6) is 1.01. The van der Waals surface area contributed by atoms with Crippen LogP contribution in [0, 0.1) is 0 Å². The molecule has 1 aliphatic rings. The molecule has 0 fully saturated rings. The third-order valence-electron chi connectivity index (χ3n) is 4.51. The first-order chi connectivity index (χ1) is 12.7. The Bertz CT molecular complexity index is 902. The van der Waals surface area contributed by atoms with Crippen LogP contribution in [0.2, 0.25) is 0 Å². The van der Waals surface area contributed by atoms with Gasteiger partial charge in [-0.15, -0.1) is 11.3 Å². The molecular formula is C20H20N2O2S2. The molecule has 1 aliphatic heterocycles. The molecule has 4 rings (SSSR count). The van der Waals surface area contributed by atoms with Crippen molar-refractivity contribution in [2.45, 2.75) is 26.3 Å². The van der Waals surface area contributed by atoms with Crippen molar-refractivity contribution < 1.29 is 9.53 Å². The molecule has 6 heteroatoms. The maximum atomic E-state index is 12.7. The normalized spacial score (nSPS) is 13.5. The van der Waals surface area contributed by atoms with Gasteiger partial charge in [0.25, 0.3) is 0 Å². The van der Waals surface area contributed by atoms with E-state index in [4.69, 9.17) is 4.74 Å². The summed E-state index contributed by atoms with van der Waals surface area (Å²) < 4.78 is 5.59. The summed E-state index contributed by atoms with van der Waals surface area (Å²) in [7, 11) is 0. The summed E-state index contributed by atoms with van der Waals surface area (Å²) in [6.07, 6.45) is 1.26. The number of carbonyl (C=O) groups is 1. The van der Waals surface area contributed by atoms with Crippen LogP contribution in [0.1, 0.15) is 23.7 Å². The molecule has 0 unspecified atom stereocenters. The highest BCUT2D eigenvalue weighted by atomic mass is 32.1. The molecule has 0 radical (unpaired) electrons. The number of aromatic nitrogens is 1. The van der Waals surface area contributed by atoms with Crippen LogP contribution in [0.5, 0.6) is 5.75 Å². The van der Waals surface area contributed by atoms with Crippen molar-refractivity contribution in [3.63, 3.8) is 0 Å². The Morgan fingerprint density at radius 2 is 2.19 bits per heavy atom. The number of rotatable bonds is 5. The van der Waals surface area contributed by atoms with Crippen molar-refractivity contribution in [2.24, 2.45) is 0 Å². The van der Waals surface area contributed by atoms with E-state index in [1.807, 2.05) is 28.7 Å². The SMILES string of the molecule is CCOc1ccc2c(c1)CN(C(=O)Cc1csc(-c3ccsc3)n1)CC2. The lowest BCUT2D eigenvalue weighted by molar-refractivity contribution is -0.131. The van der Waals surface area contributed by atoms with Crippen molar-refractivity contribution in [3.8, 4) is 16.3 Å². The summed E-state index contributed by atoms with van der Waals surface area (Å²) in [4.78, 5) is 19.3. The molecule has 26 heavy (non-hydrogen) atoms. The summed E-state index contributed by atoms with van der Waals surface area (Å²) in [6, 6.07) is 8.26. The van der Waals surface area contributed by atoms with Crippen molar-refractivity contribution >= 4 is 28.6 Å². The lowest BCUT2D eigenvalue weighted by Gasteiger charge is -2.29. The first-order valence-corrected chi connectivity index (χ1v) is 10.5. The highest BCUT2D eigenvalue weighted by Gasteiger charge is 2.22. The van der Waals surface area contributed by atoms with Gasteiger partial charge < -0.3 is 9.64 Å². The molecular weight excluding hydrogens is 364 g/mol. The second kappa shape index (κ2) is 7.60. The Hall–Kier alpha value is -2.18. The number of nitrogens with zero attached hydrogens (tertiary/aromatic N) is 2. The summed E-state index contributed by atoms with van der Waals surface area (Å²) in [5, 5.41) is 7.11. The minimum atomic E-state index is 0.139. The number of ether oxygens (including phenoxy) is 1. The van der Waals surface area contributed by atoms with Crippen LogP contribution < -0.4 is 4.74 Å². The number of thiazole rings is 1. The van der Waals surface area contributed by atoms with Crippen LogP contribution in [0.15, 0.2) is 40.4 Å². The minimum Gasteiger partial charge on any atom is -0.494 e. The monoisotopic (exact) mass is 384 g/mol. The molecule has 0 atom stereocenters.